The van der Waals surface area contributed by atoms with Crippen molar-refractivity contribution in [2.24, 2.45) is 12.8 Å². The number of halogens is 2. The number of piperidine rings is 1. The minimum atomic E-state index is -0.772. The quantitative estimate of drug-likeness (QED) is 0.583. The summed E-state index contributed by atoms with van der Waals surface area (Å²) >= 11 is 0.851. The number of hydrogen-bond donors (Lipinski definition) is 3. The van der Waals surface area contributed by atoms with Crippen LogP contribution in [0, 0.1) is 11.6 Å². The van der Waals surface area contributed by atoms with Crippen molar-refractivity contribution in [2.45, 2.75) is 18.9 Å². The molecule has 5 N–H and O–H groups in total. The van der Waals surface area contributed by atoms with E-state index in [0.29, 0.717) is 12.2 Å². The number of carbonyl (C=O) groups is 1. The van der Waals surface area contributed by atoms with Gasteiger partial charge in [-0.1, -0.05) is 17.4 Å². The van der Waals surface area contributed by atoms with Crippen LogP contribution in [0.2, 0.25) is 0 Å². The highest BCUT2D eigenvalue weighted by Gasteiger charge is 2.26. The van der Waals surface area contributed by atoms with E-state index in [1.165, 1.54) is 12.3 Å². The second-order valence-electron chi connectivity index (χ2n) is 7.14. The molecule has 1 fully saturated rings. The highest BCUT2D eigenvalue weighted by Crippen LogP contribution is 2.34. The smallest absolute Gasteiger partial charge is 0.277 e. The lowest BCUT2D eigenvalue weighted by molar-refractivity contribution is 0.102. The van der Waals surface area contributed by atoms with E-state index < -0.39 is 17.5 Å². The van der Waals surface area contributed by atoms with E-state index in [-0.39, 0.29) is 27.3 Å². The van der Waals surface area contributed by atoms with E-state index in [2.05, 4.69) is 20.3 Å². The van der Waals surface area contributed by atoms with E-state index in [9.17, 15) is 13.6 Å². The molecule has 8 nitrogen and oxygen atoms in total. The van der Waals surface area contributed by atoms with Crippen LogP contribution in [0.25, 0.3) is 10.6 Å². The third-order valence-electron chi connectivity index (χ3n) is 4.96. The zero-order chi connectivity index (χ0) is 21.4. The summed E-state index contributed by atoms with van der Waals surface area (Å²) in [6.07, 6.45) is 3.42. The molecule has 0 unspecified atom stereocenters. The average molecular weight is 433 g/mol. The molecule has 4 rings (SSSR count). The van der Waals surface area contributed by atoms with Crippen LogP contribution in [0.3, 0.4) is 0 Å². The fourth-order valence-electron chi connectivity index (χ4n) is 3.58. The number of nitrogen functional groups attached to an aromatic ring is 1. The molecule has 2 aromatic heterocycles. The standard InChI is InChI=1S/C19H21F2N7OS/c1-27-19(28-7-3-4-10(22)9-28)13(8-24-27)25-17(29)15-16(23)30-18(26-15)14-11(20)5-2-6-12(14)21/h2,5-6,8,10H,3-4,7,9,22-23H2,1H3,(H,25,29)/t10-/m1/s1. The second-order valence-corrected chi connectivity index (χ2v) is 8.17. The summed E-state index contributed by atoms with van der Waals surface area (Å²) in [6, 6.07) is 3.56. The molecule has 0 spiro atoms. The molecule has 1 saturated heterocycles. The Morgan fingerprint density at radius 1 is 1.33 bits per heavy atom. The molecule has 1 aliphatic heterocycles. The number of amides is 1. The van der Waals surface area contributed by atoms with Gasteiger partial charge in [0.1, 0.15) is 27.3 Å². The Morgan fingerprint density at radius 2 is 2.07 bits per heavy atom. The predicted octanol–water partition coefficient (Wildman–Crippen LogP) is 2.58. The van der Waals surface area contributed by atoms with Gasteiger partial charge in [0.25, 0.3) is 5.91 Å². The van der Waals surface area contributed by atoms with Gasteiger partial charge in [-0.25, -0.2) is 13.8 Å². The van der Waals surface area contributed by atoms with Crippen molar-refractivity contribution < 1.29 is 13.6 Å². The predicted molar refractivity (Wildman–Crippen MR) is 112 cm³/mol. The van der Waals surface area contributed by atoms with Gasteiger partial charge in [0.05, 0.1) is 11.8 Å². The Balaban J connectivity index is 1.61. The third kappa shape index (κ3) is 3.73. The zero-order valence-corrected chi connectivity index (χ0v) is 17.0. The molecular formula is C19H21F2N7OS. The first-order valence-electron chi connectivity index (χ1n) is 9.39. The maximum Gasteiger partial charge on any atom is 0.277 e. The van der Waals surface area contributed by atoms with E-state index >= 15 is 0 Å². The molecule has 0 saturated carbocycles. The third-order valence-corrected chi connectivity index (χ3v) is 5.86. The number of rotatable bonds is 4. The normalized spacial score (nSPS) is 16.7. The molecule has 3 aromatic rings. The van der Waals surface area contributed by atoms with Crippen molar-refractivity contribution >= 4 is 33.8 Å². The van der Waals surface area contributed by atoms with Crippen LogP contribution in [0.15, 0.2) is 24.4 Å². The molecule has 1 amide bonds. The van der Waals surface area contributed by atoms with Gasteiger partial charge < -0.3 is 21.7 Å². The summed E-state index contributed by atoms with van der Waals surface area (Å²) < 4.78 is 29.8. The van der Waals surface area contributed by atoms with E-state index in [1.54, 1.807) is 11.7 Å². The molecule has 0 aliphatic carbocycles. The summed E-state index contributed by atoms with van der Waals surface area (Å²) in [5.74, 6) is -1.40. The van der Waals surface area contributed by atoms with Crippen molar-refractivity contribution in [1.82, 2.24) is 14.8 Å². The van der Waals surface area contributed by atoms with Crippen molar-refractivity contribution in [3.05, 3.63) is 41.7 Å². The molecule has 0 radical (unpaired) electrons. The molecule has 0 bridgehead atoms. The molecular weight excluding hydrogens is 412 g/mol. The van der Waals surface area contributed by atoms with Gasteiger partial charge in [0.15, 0.2) is 11.5 Å². The first-order chi connectivity index (χ1) is 14.3. The first-order valence-corrected chi connectivity index (χ1v) is 10.2. The van der Waals surface area contributed by atoms with Gasteiger partial charge in [0, 0.05) is 26.2 Å². The minimum Gasteiger partial charge on any atom is -0.389 e. The number of anilines is 3. The SMILES string of the molecule is Cn1ncc(NC(=O)c2nc(-c3c(F)cccc3F)sc2N)c1N1CCC[C@@H](N)C1. The van der Waals surface area contributed by atoms with Gasteiger partial charge in [-0.15, -0.1) is 0 Å². The Kier molecular flexibility index (Phi) is 5.39. The van der Waals surface area contributed by atoms with Gasteiger partial charge in [-0.2, -0.15) is 5.10 Å². The lowest BCUT2D eigenvalue weighted by Gasteiger charge is -2.32. The summed E-state index contributed by atoms with van der Waals surface area (Å²) in [4.78, 5) is 19.0. The molecule has 1 atom stereocenters. The van der Waals surface area contributed by atoms with Crippen molar-refractivity contribution in [3.8, 4) is 10.6 Å². The number of nitrogens with zero attached hydrogens (tertiary/aromatic N) is 4. The number of nitrogens with one attached hydrogen (secondary N) is 1. The lowest BCUT2D eigenvalue weighted by atomic mass is 10.1. The summed E-state index contributed by atoms with van der Waals surface area (Å²) in [5, 5.41) is 7.07. The van der Waals surface area contributed by atoms with E-state index in [1.807, 2.05) is 0 Å². The van der Waals surface area contributed by atoms with Gasteiger partial charge in [-0.3, -0.25) is 9.48 Å². The van der Waals surface area contributed by atoms with Crippen LogP contribution in [-0.2, 0) is 7.05 Å². The number of carbonyl (C=O) groups excluding carboxylic acids is 1. The second kappa shape index (κ2) is 8.00. The highest BCUT2D eigenvalue weighted by molar-refractivity contribution is 7.19. The van der Waals surface area contributed by atoms with E-state index in [4.69, 9.17) is 11.5 Å². The Hall–Kier alpha value is -3.05. The number of thiazole rings is 1. The molecule has 11 heteroatoms. The monoisotopic (exact) mass is 433 g/mol. The fourth-order valence-corrected chi connectivity index (χ4v) is 4.46. The van der Waals surface area contributed by atoms with Crippen LogP contribution in [0.5, 0.6) is 0 Å². The molecule has 1 aliphatic rings. The number of aromatic nitrogens is 3. The molecule has 3 heterocycles. The topological polar surface area (TPSA) is 115 Å². The van der Waals surface area contributed by atoms with Crippen LogP contribution >= 0.6 is 11.3 Å². The molecule has 1 aromatic carbocycles. The largest absolute Gasteiger partial charge is 0.389 e. The summed E-state index contributed by atoms with van der Waals surface area (Å²) in [7, 11) is 1.78. The van der Waals surface area contributed by atoms with Gasteiger partial charge in [-0.05, 0) is 25.0 Å². The number of benzene rings is 1. The summed E-state index contributed by atoms with van der Waals surface area (Å²) in [5.41, 5.74) is 12.1. The van der Waals surface area contributed by atoms with Crippen LogP contribution in [-0.4, -0.2) is 39.8 Å². The van der Waals surface area contributed by atoms with Crippen molar-refractivity contribution in [1.29, 1.82) is 0 Å². The zero-order valence-electron chi connectivity index (χ0n) is 16.2. The van der Waals surface area contributed by atoms with Crippen molar-refractivity contribution in [2.75, 3.05) is 29.0 Å². The minimum absolute atomic E-state index is 0.00154. The van der Waals surface area contributed by atoms with Crippen LogP contribution < -0.4 is 21.7 Å². The highest BCUT2D eigenvalue weighted by atomic mass is 32.1. The van der Waals surface area contributed by atoms with Crippen molar-refractivity contribution in [3.63, 3.8) is 0 Å². The van der Waals surface area contributed by atoms with E-state index in [0.717, 1.165) is 48.7 Å². The maximum absolute atomic E-state index is 14.1. The van der Waals surface area contributed by atoms with Crippen LogP contribution in [0.1, 0.15) is 23.3 Å². The maximum atomic E-state index is 14.1. The Labute approximate surface area is 175 Å². The fraction of sp³-hybridized carbons (Fsp3) is 0.316. The number of nitrogens with two attached hydrogens (primary N) is 2. The average Bonchev–Trinajstić information content (AvgIpc) is 3.24. The molecule has 158 valence electrons. The Bertz CT molecular complexity index is 1080. The van der Waals surface area contributed by atoms with Gasteiger partial charge >= 0.3 is 0 Å². The Morgan fingerprint density at radius 3 is 2.77 bits per heavy atom. The number of aryl methyl sites for hydroxylation is 1. The van der Waals surface area contributed by atoms with Gasteiger partial charge in [0.2, 0.25) is 0 Å². The van der Waals surface area contributed by atoms with Crippen LogP contribution in [0.4, 0.5) is 25.3 Å². The summed E-state index contributed by atoms with van der Waals surface area (Å²) in [6.45, 7) is 1.45. The lowest BCUT2D eigenvalue weighted by Crippen LogP contribution is -2.43. The first kappa shape index (κ1) is 20.2. The molecule has 30 heavy (non-hydrogen) atoms. The number of hydrogen-bond acceptors (Lipinski definition) is 7.